The molecule has 0 saturated carbocycles. The first-order chi connectivity index (χ1) is 12.4. The topological polar surface area (TPSA) is 94.7 Å². The predicted octanol–water partition coefficient (Wildman–Crippen LogP) is 2.74. The third-order valence-electron chi connectivity index (χ3n) is 5.23. The van der Waals surface area contributed by atoms with Crippen LogP contribution in [-0.4, -0.2) is 46.7 Å². The number of hydrogen-bond donors (Lipinski definition) is 3. The number of rotatable bonds is 5. The molecule has 0 saturated heterocycles. The van der Waals surface area contributed by atoms with Crippen LogP contribution in [0.2, 0.25) is 0 Å². The molecule has 1 aromatic carbocycles. The van der Waals surface area contributed by atoms with Crippen LogP contribution in [0.5, 0.6) is 5.75 Å². The lowest BCUT2D eigenvalue weighted by Crippen LogP contribution is -2.51. The van der Waals surface area contributed by atoms with Crippen molar-refractivity contribution in [2.45, 2.75) is 39.3 Å². The van der Waals surface area contributed by atoms with E-state index in [9.17, 15) is 14.7 Å². The SMILES string of the molecule is CC[C@@H](C)[C@H](NC(=O)N1CCc2c([nH]c3ccc(OC)cc23)C1)C(=O)O. The van der Waals surface area contributed by atoms with E-state index in [0.29, 0.717) is 19.5 Å². The van der Waals surface area contributed by atoms with Crippen LogP contribution in [0, 0.1) is 5.92 Å². The number of H-pyrrole nitrogens is 1. The summed E-state index contributed by atoms with van der Waals surface area (Å²) in [5.41, 5.74) is 3.20. The van der Waals surface area contributed by atoms with Gasteiger partial charge in [-0.3, -0.25) is 0 Å². The van der Waals surface area contributed by atoms with E-state index in [4.69, 9.17) is 4.74 Å². The van der Waals surface area contributed by atoms with Crippen LogP contribution in [0.3, 0.4) is 0 Å². The van der Waals surface area contributed by atoms with Crippen molar-refractivity contribution in [2.75, 3.05) is 13.7 Å². The highest BCUT2D eigenvalue weighted by atomic mass is 16.5. The fraction of sp³-hybridized carbons (Fsp3) is 0.474. The molecule has 7 heteroatoms. The van der Waals surface area contributed by atoms with E-state index >= 15 is 0 Å². The van der Waals surface area contributed by atoms with Crippen LogP contribution >= 0.6 is 0 Å². The molecule has 0 aliphatic carbocycles. The van der Waals surface area contributed by atoms with Gasteiger partial charge in [0.25, 0.3) is 0 Å². The fourth-order valence-corrected chi connectivity index (χ4v) is 3.43. The van der Waals surface area contributed by atoms with Gasteiger partial charge in [0, 0.05) is 23.1 Å². The normalized spacial score (nSPS) is 16.0. The maximum Gasteiger partial charge on any atom is 0.326 e. The zero-order valence-corrected chi connectivity index (χ0v) is 15.3. The molecule has 2 aromatic rings. The number of aromatic amines is 1. The number of carboxylic acid groups (broad SMARTS) is 1. The molecule has 0 unspecified atom stereocenters. The molecule has 1 aliphatic rings. The molecule has 2 atom stereocenters. The molecule has 26 heavy (non-hydrogen) atoms. The molecular weight excluding hydrogens is 334 g/mol. The smallest absolute Gasteiger partial charge is 0.326 e. The number of hydrogen-bond acceptors (Lipinski definition) is 3. The number of aromatic nitrogens is 1. The van der Waals surface area contributed by atoms with Crippen molar-refractivity contribution in [2.24, 2.45) is 5.92 Å². The van der Waals surface area contributed by atoms with Gasteiger partial charge in [0.05, 0.1) is 13.7 Å². The second-order valence-electron chi connectivity index (χ2n) is 6.82. The second-order valence-corrected chi connectivity index (χ2v) is 6.82. The molecule has 0 fully saturated rings. The van der Waals surface area contributed by atoms with Crippen LogP contribution < -0.4 is 10.1 Å². The summed E-state index contributed by atoms with van der Waals surface area (Å²) < 4.78 is 5.30. The van der Waals surface area contributed by atoms with Crippen molar-refractivity contribution in [1.82, 2.24) is 15.2 Å². The van der Waals surface area contributed by atoms with Gasteiger partial charge in [-0.05, 0) is 36.1 Å². The molecule has 3 rings (SSSR count). The number of benzene rings is 1. The maximum absolute atomic E-state index is 12.6. The highest BCUT2D eigenvalue weighted by Gasteiger charge is 2.29. The van der Waals surface area contributed by atoms with Gasteiger partial charge in [-0.15, -0.1) is 0 Å². The van der Waals surface area contributed by atoms with Gasteiger partial charge in [-0.1, -0.05) is 20.3 Å². The molecular formula is C19H25N3O4. The Bertz CT molecular complexity index is 830. The summed E-state index contributed by atoms with van der Waals surface area (Å²) in [5.74, 6) is -0.322. The Hall–Kier alpha value is -2.70. The van der Waals surface area contributed by atoms with Crippen molar-refractivity contribution in [3.63, 3.8) is 0 Å². The van der Waals surface area contributed by atoms with Gasteiger partial charge >= 0.3 is 12.0 Å². The Kier molecular flexibility index (Phi) is 5.06. The average molecular weight is 359 g/mol. The summed E-state index contributed by atoms with van der Waals surface area (Å²) >= 11 is 0. The predicted molar refractivity (Wildman–Crippen MR) is 98.4 cm³/mol. The van der Waals surface area contributed by atoms with Gasteiger partial charge in [-0.2, -0.15) is 0 Å². The van der Waals surface area contributed by atoms with Gasteiger partial charge in [0.15, 0.2) is 0 Å². The summed E-state index contributed by atoms with van der Waals surface area (Å²) in [6, 6.07) is 4.67. The number of aliphatic carboxylic acids is 1. The van der Waals surface area contributed by atoms with Gasteiger partial charge < -0.3 is 25.0 Å². The van der Waals surface area contributed by atoms with Crippen molar-refractivity contribution in [3.8, 4) is 5.75 Å². The Balaban J connectivity index is 1.77. The molecule has 0 spiro atoms. The van der Waals surface area contributed by atoms with Crippen molar-refractivity contribution >= 4 is 22.9 Å². The Morgan fingerprint density at radius 3 is 2.85 bits per heavy atom. The van der Waals surface area contributed by atoms with Gasteiger partial charge in [0.1, 0.15) is 11.8 Å². The minimum Gasteiger partial charge on any atom is -0.497 e. The van der Waals surface area contributed by atoms with Crippen LogP contribution in [0.1, 0.15) is 31.5 Å². The number of carbonyl (C=O) groups excluding carboxylic acids is 1. The van der Waals surface area contributed by atoms with Crippen LogP contribution in [0.4, 0.5) is 4.79 Å². The summed E-state index contributed by atoms with van der Waals surface area (Å²) in [5, 5.41) is 13.2. The number of nitrogens with one attached hydrogen (secondary N) is 2. The third kappa shape index (κ3) is 3.34. The van der Waals surface area contributed by atoms with E-state index in [0.717, 1.165) is 28.8 Å². The highest BCUT2D eigenvalue weighted by Crippen LogP contribution is 2.30. The first kappa shape index (κ1) is 18.1. The van der Waals surface area contributed by atoms with Crippen LogP contribution in [-0.2, 0) is 17.8 Å². The zero-order chi connectivity index (χ0) is 18.8. The van der Waals surface area contributed by atoms with Gasteiger partial charge in [0.2, 0.25) is 0 Å². The number of ether oxygens (including phenoxy) is 1. The van der Waals surface area contributed by atoms with Crippen LogP contribution in [0.15, 0.2) is 18.2 Å². The van der Waals surface area contributed by atoms with E-state index in [2.05, 4.69) is 10.3 Å². The molecule has 0 radical (unpaired) electrons. The van der Waals surface area contributed by atoms with Crippen molar-refractivity contribution in [1.29, 1.82) is 0 Å². The van der Waals surface area contributed by atoms with E-state index in [1.54, 1.807) is 12.0 Å². The van der Waals surface area contributed by atoms with E-state index < -0.39 is 12.0 Å². The molecule has 1 aliphatic heterocycles. The fourth-order valence-electron chi connectivity index (χ4n) is 3.43. The molecule has 7 nitrogen and oxygen atoms in total. The Labute approximate surface area is 152 Å². The standard InChI is InChI=1S/C19H25N3O4/c1-4-11(2)17(18(23)24)21-19(25)22-8-7-13-14-9-12(26-3)5-6-15(14)20-16(13)10-22/h5-6,9,11,17,20H,4,7-8,10H2,1-3H3,(H,21,25)(H,23,24)/t11-,17+/m1/s1. The second kappa shape index (κ2) is 7.27. The highest BCUT2D eigenvalue weighted by molar-refractivity contribution is 5.87. The molecule has 2 amide bonds. The summed E-state index contributed by atoms with van der Waals surface area (Å²) in [7, 11) is 1.64. The molecule has 1 aromatic heterocycles. The quantitative estimate of drug-likeness (QED) is 0.765. The molecule has 3 N–H and O–H groups in total. The lowest BCUT2D eigenvalue weighted by molar-refractivity contribution is -0.140. The number of fused-ring (bicyclic) bond motifs is 3. The lowest BCUT2D eigenvalue weighted by atomic mass is 9.99. The average Bonchev–Trinajstić information content (AvgIpc) is 3.01. The number of urea groups is 1. The molecule has 2 heterocycles. The van der Waals surface area contributed by atoms with E-state index in [-0.39, 0.29) is 11.9 Å². The summed E-state index contributed by atoms with van der Waals surface area (Å²) in [6.07, 6.45) is 1.40. The number of carbonyl (C=O) groups is 2. The third-order valence-corrected chi connectivity index (χ3v) is 5.23. The first-order valence-corrected chi connectivity index (χ1v) is 8.90. The number of amides is 2. The molecule has 140 valence electrons. The minimum atomic E-state index is -0.997. The Morgan fingerprint density at radius 2 is 2.19 bits per heavy atom. The molecule has 0 bridgehead atoms. The monoisotopic (exact) mass is 359 g/mol. The summed E-state index contributed by atoms with van der Waals surface area (Å²) in [4.78, 5) is 29.0. The summed E-state index contributed by atoms with van der Waals surface area (Å²) in [6.45, 7) is 4.73. The Morgan fingerprint density at radius 1 is 1.42 bits per heavy atom. The first-order valence-electron chi connectivity index (χ1n) is 8.90. The maximum atomic E-state index is 12.6. The zero-order valence-electron chi connectivity index (χ0n) is 15.3. The minimum absolute atomic E-state index is 0.127. The van der Waals surface area contributed by atoms with Gasteiger partial charge in [-0.25, -0.2) is 9.59 Å². The number of nitrogens with zero attached hydrogens (tertiary/aromatic N) is 1. The van der Waals surface area contributed by atoms with Crippen molar-refractivity contribution in [3.05, 3.63) is 29.5 Å². The largest absolute Gasteiger partial charge is 0.497 e. The number of carboxylic acids is 1. The van der Waals surface area contributed by atoms with Crippen molar-refractivity contribution < 1.29 is 19.4 Å². The van der Waals surface area contributed by atoms with E-state index in [1.165, 1.54) is 5.56 Å². The van der Waals surface area contributed by atoms with Crippen LogP contribution in [0.25, 0.3) is 10.9 Å². The lowest BCUT2D eigenvalue weighted by Gasteiger charge is -2.30. The number of methoxy groups -OCH3 is 1. The van der Waals surface area contributed by atoms with E-state index in [1.807, 2.05) is 32.0 Å².